The van der Waals surface area contributed by atoms with Crippen molar-refractivity contribution in [3.63, 3.8) is 0 Å². The van der Waals surface area contributed by atoms with Gasteiger partial charge in [0.15, 0.2) is 0 Å². The summed E-state index contributed by atoms with van der Waals surface area (Å²) in [6.45, 7) is 6.72. The molecule has 0 radical (unpaired) electrons. The Morgan fingerprint density at radius 3 is 2.62 bits per heavy atom. The molecule has 0 spiro atoms. The van der Waals surface area contributed by atoms with Gasteiger partial charge in [-0.05, 0) is 43.7 Å². The quantitative estimate of drug-likeness (QED) is 0.664. The maximum Gasteiger partial charge on any atom is 0.259 e. The van der Waals surface area contributed by atoms with Gasteiger partial charge < -0.3 is 15.0 Å². The zero-order chi connectivity index (χ0) is 20.5. The largest absolute Gasteiger partial charge is 0.378 e. The molecule has 1 N–H and O–H groups in total. The number of nitrogens with zero attached hydrogens (tertiary/aromatic N) is 3. The Balaban J connectivity index is 1.76. The van der Waals surface area contributed by atoms with Crippen LogP contribution in [0.5, 0.6) is 0 Å². The van der Waals surface area contributed by atoms with E-state index in [-0.39, 0.29) is 11.6 Å². The molecular formula is C21H22Cl2N4O2. The lowest BCUT2D eigenvalue weighted by Gasteiger charge is -2.28. The van der Waals surface area contributed by atoms with Crippen LogP contribution in [0.4, 0.5) is 11.5 Å². The average molecular weight is 433 g/mol. The molecule has 1 fully saturated rings. The third-order valence-corrected chi connectivity index (χ3v) is 5.76. The summed E-state index contributed by atoms with van der Waals surface area (Å²) in [5.41, 5.74) is 3.31. The number of hydrogen-bond donors (Lipinski definition) is 1. The number of halogens is 2. The van der Waals surface area contributed by atoms with Crippen molar-refractivity contribution < 1.29 is 4.74 Å². The van der Waals surface area contributed by atoms with E-state index in [0.29, 0.717) is 34.7 Å². The first-order valence-electron chi connectivity index (χ1n) is 9.50. The third-order valence-electron chi connectivity index (χ3n) is 5.02. The fourth-order valence-corrected chi connectivity index (χ4v) is 3.84. The van der Waals surface area contributed by atoms with E-state index in [0.717, 1.165) is 29.9 Å². The molecule has 6 nitrogen and oxygen atoms in total. The Morgan fingerprint density at radius 1 is 1.14 bits per heavy atom. The van der Waals surface area contributed by atoms with Crippen LogP contribution in [0.25, 0.3) is 5.65 Å². The number of pyridine rings is 1. The summed E-state index contributed by atoms with van der Waals surface area (Å²) in [6.07, 6.45) is 1.82. The van der Waals surface area contributed by atoms with Crippen LogP contribution >= 0.6 is 23.2 Å². The zero-order valence-electron chi connectivity index (χ0n) is 16.3. The van der Waals surface area contributed by atoms with Crippen LogP contribution in [-0.4, -0.2) is 35.7 Å². The Labute approximate surface area is 179 Å². The molecule has 29 heavy (non-hydrogen) atoms. The second-order valence-corrected chi connectivity index (χ2v) is 8.03. The van der Waals surface area contributed by atoms with Gasteiger partial charge in [-0.25, -0.2) is 4.98 Å². The number of rotatable bonds is 4. The maximum atomic E-state index is 12.8. The highest BCUT2D eigenvalue weighted by atomic mass is 35.5. The van der Waals surface area contributed by atoms with Gasteiger partial charge in [0.05, 0.1) is 29.3 Å². The number of anilines is 2. The van der Waals surface area contributed by atoms with Crippen LogP contribution in [0, 0.1) is 6.92 Å². The van der Waals surface area contributed by atoms with Gasteiger partial charge in [-0.2, -0.15) is 0 Å². The topological polar surface area (TPSA) is 58.9 Å². The fourth-order valence-electron chi connectivity index (χ4n) is 3.54. The molecule has 1 saturated heterocycles. The first kappa shape index (κ1) is 20.0. The molecule has 0 saturated carbocycles. The van der Waals surface area contributed by atoms with E-state index in [9.17, 15) is 4.79 Å². The summed E-state index contributed by atoms with van der Waals surface area (Å²) in [4.78, 5) is 19.8. The number of nitrogens with one attached hydrogen (secondary N) is 1. The highest BCUT2D eigenvalue weighted by Crippen LogP contribution is 2.29. The SMILES string of the molecule is Cc1cc(C(C)Nc2ccc(Cl)c(Cl)c2)c2nc(N3CCOCC3)cc(=O)n2c1. The summed E-state index contributed by atoms with van der Waals surface area (Å²) in [7, 11) is 0. The number of hydrogen-bond acceptors (Lipinski definition) is 5. The molecule has 0 amide bonds. The predicted octanol–water partition coefficient (Wildman–Crippen LogP) is 4.32. The molecule has 0 aliphatic carbocycles. The zero-order valence-corrected chi connectivity index (χ0v) is 17.8. The van der Waals surface area contributed by atoms with E-state index in [4.69, 9.17) is 32.9 Å². The summed E-state index contributed by atoms with van der Waals surface area (Å²) in [5.74, 6) is 0.685. The molecule has 1 atom stereocenters. The monoisotopic (exact) mass is 432 g/mol. The summed E-state index contributed by atoms with van der Waals surface area (Å²) in [6, 6.07) is 8.97. The standard InChI is InChI=1S/C21H22Cl2N4O2/c1-13-9-16(14(2)24-15-3-4-17(22)18(23)10-15)21-25-19(11-20(28)27(21)12-13)26-5-7-29-8-6-26/h3-4,9-12,14,24H,5-8H2,1-2H3. The number of fused-ring (bicyclic) bond motifs is 1. The molecule has 3 aromatic rings. The van der Waals surface area contributed by atoms with Crippen LogP contribution in [0.2, 0.25) is 10.0 Å². The van der Waals surface area contributed by atoms with Crippen molar-refractivity contribution in [1.82, 2.24) is 9.38 Å². The normalized spacial score (nSPS) is 15.5. The fraction of sp³-hybridized carbons (Fsp3) is 0.333. The van der Waals surface area contributed by atoms with Crippen molar-refractivity contribution in [1.29, 1.82) is 0 Å². The van der Waals surface area contributed by atoms with Gasteiger partial charge in [0.1, 0.15) is 11.5 Å². The van der Waals surface area contributed by atoms with Gasteiger partial charge in [-0.1, -0.05) is 23.2 Å². The van der Waals surface area contributed by atoms with E-state index in [2.05, 4.69) is 16.3 Å². The van der Waals surface area contributed by atoms with Crippen molar-refractivity contribution in [3.05, 3.63) is 68.1 Å². The lowest BCUT2D eigenvalue weighted by molar-refractivity contribution is 0.122. The lowest BCUT2D eigenvalue weighted by atomic mass is 10.1. The van der Waals surface area contributed by atoms with E-state index in [1.807, 2.05) is 26.1 Å². The Bertz CT molecular complexity index is 1110. The predicted molar refractivity (Wildman–Crippen MR) is 118 cm³/mol. The van der Waals surface area contributed by atoms with Crippen LogP contribution in [0.1, 0.15) is 24.1 Å². The molecule has 1 aliphatic heterocycles. The van der Waals surface area contributed by atoms with Gasteiger partial charge in [-0.15, -0.1) is 0 Å². The number of morpholine rings is 1. The van der Waals surface area contributed by atoms with Gasteiger partial charge in [0.25, 0.3) is 5.56 Å². The minimum Gasteiger partial charge on any atom is -0.378 e. The Kier molecular flexibility index (Phi) is 5.67. The number of aromatic nitrogens is 2. The molecule has 1 aliphatic rings. The van der Waals surface area contributed by atoms with Gasteiger partial charge in [-0.3, -0.25) is 9.20 Å². The lowest BCUT2D eigenvalue weighted by Crippen LogP contribution is -2.37. The molecule has 0 bridgehead atoms. The van der Waals surface area contributed by atoms with Crippen molar-refractivity contribution in [3.8, 4) is 0 Å². The molecule has 8 heteroatoms. The second kappa shape index (κ2) is 8.22. The minimum atomic E-state index is -0.103. The van der Waals surface area contributed by atoms with Crippen LogP contribution in [0.3, 0.4) is 0 Å². The van der Waals surface area contributed by atoms with E-state index >= 15 is 0 Å². The molecule has 1 unspecified atom stereocenters. The molecule has 4 rings (SSSR count). The van der Waals surface area contributed by atoms with Crippen LogP contribution < -0.4 is 15.8 Å². The van der Waals surface area contributed by atoms with Gasteiger partial charge in [0.2, 0.25) is 0 Å². The summed E-state index contributed by atoms with van der Waals surface area (Å²) < 4.78 is 7.03. The first-order valence-corrected chi connectivity index (χ1v) is 10.3. The highest BCUT2D eigenvalue weighted by Gasteiger charge is 2.18. The second-order valence-electron chi connectivity index (χ2n) is 7.21. The number of benzene rings is 1. The average Bonchev–Trinajstić information content (AvgIpc) is 2.71. The van der Waals surface area contributed by atoms with Gasteiger partial charge >= 0.3 is 0 Å². The smallest absolute Gasteiger partial charge is 0.259 e. The molecule has 1 aromatic carbocycles. The highest BCUT2D eigenvalue weighted by molar-refractivity contribution is 6.42. The van der Waals surface area contributed by atoms with Crippen molar-refractivity contribution in [2.45, 2.75) is 19.9 Å². The van der Waals surface area contributed by atoms with Crippen molar-refractivity contribution >= 4 is 40.4 Å². The number of ether oxygens (including phenoxy) is 1. The van der Waals surface area contributed by atoms with Crippen molar-refractivity contribution in [2.24, 2.45) is 0 Å². The number of aryl methyl sites for hydroxylation is 1. The van der Waals surface area contributed by atoms with E-state index in [1.165, 1.54) is 0 Å². The van der Waals surface area contributed by atoms with E-state index in [1.54, 1.807) is 22.6 Å². The Morgan fingerprint density at radius 2 is 1.90 bits per heavy atom. The molecular weight excluding hydrogens is 411 g/mol. The van der Waals surface area contributed by atoms with Crippen molar-refractivity contribution in [2.75, 3.05) is 36.5 Å². The Hall–Kier alpha value is -2.28. The van der Waals surface area contributed by atoms with E-state index < -0.39 is 0 Å². The minimum absolute atomic E-state index is 0.0943. The molecule has 152 valence electrons. The molecule has 3 heterocycles. The van der Waals surface area contributed by atoms with Crippen LogP contribution in [-0.2, 0) is 4.74 Å². The first-order chi connectivity index (χ1) is 13.9. The summed E-state index contributed by atoms with van der Waals surface area (Å²) in [5, 5.41) is 4.43. The third kappa shape index (κ3) is 4.20. The summed E-state index contributed by atoms with van der Waals surface area (Å²) >= 11 is 12.2. The molecule has 2 aromatic heterocycles. The van der Waals surface area contributed by atoms with Gasteiger partial charge in [0, 0.05) is 36.6 Å². The maximum absolute atomic E-state index is 12.8. The van der Waals surface area contributed by atoms with Crippen LogP contribution in [0.15, 0.2) is 41.3 Å².